The van der Waals surface area contributed by atoms with Crippen LogP contribution in [-0.2, 0) is 6.18 Å². The normalized spacial score (nSPS) is 11.2. The van der Waals surface area contributed by atoms with Crippen molar-refractivity contribution in [1.29, 1.82) is 0 Å². The molecule has 2 N–H and O–H groups in total. The van der Waals surface area contributed by atoms with Crippen LogP contribution in [0.2, 0.25) is 0 Å². The second-order valence-electron chi connectivity index (χ2n) is 4.11. The van der Waals surface area contributed by atoms with Gasteiger partial charge in [-0.3, -0.25) is 10.1 Å². The van der Waals surface area contributed by atoms with Gasteiger partial charge in [-0.15, -0.1) is 0 Å². The Kier molecular flexibility index (Phi) is 3.70. The molecule has 0 spiro atoms. The highest BCUT2D eigenvalue weighted by molar-refractivity contribution is 5.52. The number of nitro benzene ring substituents is 1. The predicted molar refractivity (Wildman–Crippen MR) is 69.0 cm³/mol. The van der Waals surface area contributed by atoms with Crippen LogP contribution in [0.5, 0.6) is 11.5 Å². The van der Waals surface area contributed by atoms with Crippen LogP contribution in [0.4, 0.5) is 24.5 Å². The molecule has 2 rings (SSSR count). The van der Waals surface area contributed by atoms with Crippen LogP contribution in [-0.4, -0.2) is 4.92 Å². The first kappa shape index (κ1) is 14.6. The van der Waals surface area contributed by atoms with E-state index in [1.165, 1.54) is 12.1 Å². The summed E-state index contributed by atoms with van der Waals surface area (Å²) in [6.07, 6.45) is -4.67. The predicted octanol–water partition coefficient (Wildman–Crippen LogP) is 3.99. The highest BCUT2D eigenvalue weighted by Crippen LogP contribution is 2.37. The van der Waals surface area contributed by atoms with Crippen LogP contribution in [0.3, 0.4) is 0 Å². The molecule has 0 unspecified atom stereocenters. The maximum atomic E-state index is 12.6. The first-order chi connectivity index (χ1) is 9.77. The third kappa shape index (κ3) is 3.41. The number of halogens is 3. The Labute approximate surface area is 116 Å². The number of nitrogens with zero attached hydrogens (tertiary/aromatic N) is 1. The molecule has 0 saturated heterocycles. The zero-order valence-corrected chi connectivity index (χ0v) is 10.4. The smallest absolute Gasteiger partial charge is 0.416 e. The molecule has 8 heteroatoms. The molecule has 0 aliphatic rings. The third-order valence-electron chi connectivity index (χ3n) is 2.57. The Bertz CT molecular complexity index is 687. The Morgan fingerprint density at radius 3 is 2.43 bits per heavy atom. The maximum Gasteiger partial charge on any atom is 0.416 e. The second kappa shape index (κ2) is 5.31. The summed E-state index contributed by atoms with van der Waals surface area (Å²) >= 11 is 0. The van der Waals surface area contributed by atoms with E-state index in [9.17, 15) is 23.3 Å². The quantitative estimate of drug-likeness (QED) is 0.528. The van der Waals surface area contributed by atoms with Gasteiger partial charge < -0.3 is 10.5 Å². The van der Waals surface area contributed by atoms with Gasteiger partial charge in [0.25, 0.3) is 0 Å². The summed E-state index contributed by atoms with van der Waals surface area (Å²) in [5.41, 5.74) is 4.00. The minimum Gasteiger partial charge on any atom is -0.450 e. The fourth-order valence-corrected chi connectivity index (χ4v) is 1.63. The number of rotatable bonds is 3. The van der Waals surface area contributed by atoms with Gasteiger partial charge in [0, 0.05) is 17.8 Å². The average Bonchev–Trinajstić information content (AvgIpc) is 2.37. The first-order valence-corrected chi connectivity index (χ1v) is 5.66. The minimum absolute atomic E-state index is 0.192. The Morgan fingerprint density at radius 2 is 1.86 bits per heavy atom. The monoisotopic (exact) mass is 298 g/mol. The lowest BCUT2D eigenvalue weighted by Crippen LogP contribution is -2.06. The number of nitrogens with two attached hydrogens (primary N) is 1. The molecule has 0 aromatic heterocycles. The number of nitro groups is 1. The summed E-state index contributed by atoms with van der Waals surface area (Å²) in [5.74, 6) is -0.101. The number of nitrogen functional groups attached to an aromatic ring is 1. The van der Waals surface area contributed by atoms with Crippen molar-refractivity contribution in [3.05, 3.63) is 58.1 Å². The summed E-state index contributed by atoms with van der Waals surface area (Å²) in [6, 6.07) is 8.08. The molecule has 0 heterocycles. The Morgan fingerprint density at radius 1 is 1.14 bits per heavy atom. The van der Waals surface area contributed by atoms with E-state index in [2.05, 4.69) is 0 Å². The van der Waals surface area contributed by atoms with Crippen LogP contribution in [0.1, 0.15) is 5.56 Å². The van der Waals surface area contributed by atoms with Gasteiger partial charge in [0.1, 0.15) is 5.75 Å². The SMILES string of the molecule is Nc1cccc(Oc2ccc(C(F)(F)F)cc2[N+](=O)[O-])c1. The van der Waals surface area contributed by atoms with E-state index in [0.717, 1.165) is 6.07 Å². The molecular formula is C13H9F3N2O3. The fraction of sp³-hybridized carbons (Fsp3) is 0.0769. The molecule has 0 saturated carbocycles. The summed E-state index contributed by atoms with van der Waals surface area (Å²) in [5, 5.41) is 10.9. The van der Waals surface area contributed by atoms with Crippen molar-refractivity contribution in [1.82, 2.24) is 0 Å². The minimum atomic E-state index is -4.67. The highest BCUT2D eigenvalue weighted by atomic mass is 19.4. The number of hydrogen-bond donors (Lipinski definition) is 1. The largest absolute Gasteiger partial charge is 0.450 e. The summed E-state index contributed by atoms with van der Waals surface area (Å²) in [7, 11) is 0. The standard InChI is InChI=1S/C13H9F3N2O3/c14-13(15,16)8-4-5-12(11(6-8)18(19)20)21-10-3-1-2-9(17)7-10/h1-7H,17H2. The number of alkyl halides is 3. The molecule has 0 atom stereocenters. The zero-order valence-electron chi connectivity index (χ0n) is 10.4. The van der Waals surface area contributed by atoms with Gasteiger partial charge in [0.2, 0.25) is 5.75 Å². The first-order valence-electron chi connectivity index (χ1n) is 5.66. The van der Waals surface area contributed by atoms with E-state index >= 15 is 0 Å². The topological polar surface area (TPSA) is 78.4 Å². The van der Waals surface area contributed by atoms with E-state index in [0.29, 0.717) is 17.8 Å². The van der Waals surface area contributed by atoms with Crippen molar-refractivity contribution < 1.29 is 22.8 Å². The average molecular weight is 298 g/mol. The molecule has 0 aliphatic heterocycles. The lowest BCUT2D eigenvalue weighted by Gasteiger charge is -2.10. The van der Waals surface area contributed by atoms with Gasteiger partial charge in [-0.2, -0.15) is 13.2 Å². The van der Waals surface area contributed by atoms with Gasteiger partial charge in [0.05, 0.1) is 10.5 Å². The lowest BCUT2D eigenvalue weighted by atomic mass is 10.2. The van der Waals surface area contributed by atoms with Gasteiger partial charge in [0.15, 0.2) is 0 Å². The highest BCUT2D eigenvalue weighted by Gasteiger charge is 2.33. The molecule has 0 radical (unpaired) electrons. The van der Waals surface area contributed by atoms with Gasteiger partial charge >= 0.3 is 11.9 Å². The molecule has 0 amide bonds. The molecule has 5 nitrogen and oxygen atoms in total. The number of hydrogen-bond acceptors (Lipinski definition) is 4. The van der Waals surface area contributed by atoms with Crippen LogP contribution >= 0.6 is 0 Å². The maximum absolute atomic E-state index is 12.6. The number of benzene rings is 2. The van der Waals surface area contributed by atoms with Gasteiger partial charge in [-0.25, -0.2) is 0 Å². The van der Waals surface area contributed by atoms with Crippen molar-refractivity contribution in [2.45, 2.75) is 6.18 Å². The molecule has 2 aromatic rings. The molecular weight excluding hydrogens is 289 g/mol. The molecule has 2 aromatic carbocycles. The fourth-order valence-electron chi connectivity index (χ4n) is 1.63. The van der Waals surface area contributed by atoms with Gasteiger partial charge in [-0.05, 0) is 24.3 Å². The van der Waals surface area contributed by atoms with Gasteiger partial charge in [-0.1, -0.05) is 6.07 Å². The van der Waals surface area contributed by atoms with Crippen LogP contribution in [0.15, 0.2) is 42.5 Å². The van der Waals surface area contributed by atoms with E-state index in [1.807, 2.05) is 0 Å². The van der Waals surface area contributed by atoms with E-state index in [4.69, 9.17) is 10.5 Å². The van der Waals surface area contributed by atoms with Crippen molar-refractivity contribution in [3.8, 4) is 11.5 Å². The molecule has 0 aliphatic carbocycles. The Hall–Kier alpha value is -2.77. The van der Waals surface area contributed by atoms with Crippen LogP contribution in [0, 0.1) is 10.1 Å². The Balaban J connectivity index is 2.42. The summed E-state index contributed by atoms with van der Waals surface area (Å²) in [4.78, 5) is 9.96. The third-order valence-corrected chi connectivity index (χ3v) is 2.57. The second-order valence-corrected chi connectivity index (χ2v) is 4.11. The molecule has 0 bridgehead atoms. The van der Waals surface area contributed by atoms with E-state index in [-0.39, 0.29) is 11.5 Å². The van der Waals surface area contributed by atoms with Crippen molar-refractivity contribution in [2.75, 3.05) is 5.73 Å². The number of anilines is 1. The molecule has 0 fully saturated rings. The van der Waals surface area contributed by atoms with Crippen molar-refractivity contribution in [3.63, 3.8) is 0 Å². The van der Waals surface area contributed by atoms with E-state index < -0.39 is 22.4 Å². The van der Waals surface area contributed by atoms with Crippen molar-refractivity contribution >= 4 is 11.4 Å². The molecule has 21 heavy (non-hydrogen) atoms. The van der Waals surface area contributed by atoms with Crippen LogP contribution < -0.4 is 10.5 Å². The van der Waals surface area contributed by atoms with Crippen LogP contribution in [0.25, 0.3) is 0 Å². The number of ether oxygens (including phenoxy) is 1. The summed E-state index contributed by atoms with van der Waals surface area (Å²) < 4.78 is 42.9. The lowest BCUT2D eigenvalue weighted by molar-refractivity contribution is -0.385. The summed E-state index contributed by atoms with van der Waals surface area (Å²) in [6.45, 7) is 0. The van der Waals surface area contributed by atoms with E-state index in [1.54, 1.807) is 12.1 Å². The molecule has 110 valence electrons. The zero-order chi connectivity index (χ0) is 15.6. The van der Waals surface area contributed by atoms with Crippen molar-refractivity contribution in [2.24, 2.45) is 0 Å².